The van der Waals surface area contributed by atoms with E-state index < -0.39 is 5.91 Å². The third-order valence-corrected chi connectivity index (χ3v) is 4.41. The van der Waals surface area contributed by atoms with E-state index in [2.05, 4.69) is 10.1 Å². The lowest BCUT2D eigenvalue weighted by Crippen LogP contribution is -2.22. The van der Waals surface area contributed by atoms with Crippen LogP contribution in [0.5, 0.6) is 5.75 Å². The van der Waals surface area contributed by atoms with Gasteiger partial charge in [0.15, 0.2) is 0 Å². The van der Waals surface area contributed by atoms with Crippen LogP contribution < -0.4 is 10.5 Å². The van der Waals surface area contributed by atoms with Crippen molar-refractivity contribution in [2.75, 3.05) is 0 Å². The summed E-state index contributed by atoms with van der Waals surface area (Å²) in [5.41, 5.74) is 9.53. The highest BCUT2D eigenvalue weighted by molar-refractivity contribution is 5.94. The molecule has 2 N–H and O–H groups in total. The molecule has 0 aliphatic carbocycles. The topological polar surface area (TPSA) is 83.0 Å². The molecule has 6 nitrogen and oxygen atoms in total. The van der Waals surface area contributed by atoms with Gasteiger partial charge in [-0.2, -0.15) is 5.10 Å². The van der Waals surface area contributed by atoms with E-state index in [1.807, 2.05) is 54.2 Å². The molecule has 1 aliphatic rings. The fourth-order valence-electron chi connectivity index (χ4n) is 3.09. The number of nitrogens with two attached hydrogens (primary N) is 1. The Morgan fingerprint density at radius 2 is 2.12 bits per heavy atom. The predicted molar refractivity (Wildman–Crippen MR) is 98.6 cm³/mol. The van der Waals surface area contributed by atoms with Crippen LogP contribution in [-0.4, -0.2) is 26.8 Å². The summed E-state index contributed by atoms with van der Waals surface area (Å²) in [5.74, 6) is 0.316. The molecule has 6 heteroatoms. The Labute approximate surface area is 150 Å². The fraction of sp³-hybridized carbons (Fsp3) is 0.150. The molecule has 1 aromatic carbocycles. The summed E-state index contributed by atoms with van der Waals surface area (Å²) in [5, 5.41) is 4.21. The van der Waals surface area contributed by atoms with Gasteiger partial charge < -0.3 is 10.5 Å². The highest BCUT2D eigenvalue weighted by Crippen LogP contribution is 2.25. The Morgan fingerprint density at radius 3 is 2.92 bits per heavy atom. The number of carbonyl (C=O) groups excluding carboxylic acids is 1. The second kappa shape index (κ2) is 6.48. The van der Waals surface area contributed by atoms with Crippen molar-refractivity contribution in [3.8, 4) is 17.0 Å². The minimum atomic E-state index is -0.428. The number of rotatable bonds is 4. The van der Waals surface area contributed by atoms with Crippen LogP contribution in [0.25, 0.3) is 17.5 Å². The summed E-state index contributed by atoms with van der Waals surface area (Å²) in [6.45, 7) is 1.86. The number of aromatic nitrogens is 3. The summed E-state index contributed by atoms with van der Waals surface area (Å²) in [6, 6.07) is 11.2. The first-order valence-electron chi connectivity index (χ1n) is 8.34. The zero-order valence-corrected chi connectivity index (χ0v) is 14.3. The highest BCUT2D eigenvalue weighted by Gasteiger charge is 2.16. The van der Waals surface area contributed by atoms with Gasteiger partial charge in [-0.15, -0.1) is 0 Å². The molecular weight excluding hydrogens is 328 g/mol. The molecule has 0 bridgehead atoms. The number of ether oxygens (including phenoxy) is 1. The second-order valence-corrected chi connectivity index (χ2v) is 6.24. The predicted octanol–water partition coefficient (Wildman–Crippen LogP) is 2.83. The summed E-state index contributed by atoms with van der Waals surface area (Å²) in [7, 11) is 0. The number of aryl methyl sites for hydroxylation is 1. The van der Waals surface area contributed by atoms with Crippen LogP contribution in [0.4, 0.5) is 0 Å². The van der Waals surface area contributed by atoms with Gasteiger partial charge in [0.25, 0.3) is 0 Å². The van der Waals surface area contributed by atoms with Gasteiger partial charge in [0, 0.05) is 47.9 Å². The quantitative estimate of drug-likeness (QED) is 0.787. The van der Waals surface area contributed by atoms with Crippen molar-refractivity contribution < 1.29 is 9.53 Å². The van der Waals surface area contributed by atoms with Crippen LogP contribution in [0.15, 0.2) is 54.9 Å². The summed E-state index contributed by atoms with van der Waals surface area (Å²) >= 11 is 0. The van der Waals surface area contributed by atoms with E-state index in [9.17, 15) is 4.79 Å². The Balaban J connectivity index is 1.56. The zero-order valence-electron chi connectivity index (χ0n) is 14.3. The average molecular weight is 346 g/mol. The van der Waals surface area contributed by atoms with Crippen molar-refractivity contribution in [1.29, 1.82) is 0 Å². The van der Waals surface area contributed by atoms with Crippen LogP contribution in [-0.2, 0) is 6.42 Å². The molecule has 0 radical (unpaired) electrons. The molecule has 1 unspecified atom stereocenters. The number of pyridine rings is 1. The lowest BCUT2D eigenvalue weighted by Gasteiger charge is -2.19. The Morgan fingerprint density at radius 1 is 1.23 bits per heavy atom. The Bertz CT molecular complexity index is 1010. The smallest absolute Gasteiger partial charge is 0.248 e. The molecule has 130 valence electrons. The number of carbonyl (C=O) groups is 1. The molecule has 1 atom stereocenters. The minimum absolute atomic E-state index is 0.0478. The van der Waals surface area contributed by atoms with Gasteiger partial charge in [0.1, 0.15) is 11.9 Å². The molecule has 1 aliphatic heterocycles. The molecule has 0 saturated carbocycles. The van der Waals surface area contributed by atoms with E-state index >= 15 is 0 Å². The zero-order chi connectivity index (χ0) is 18.1. The molecule has 0 fully saturated rings. The van der Waals surface area contributed by atoms with Crippen LogP contribution >= 0.6 is 0 Å². The van der Waals surface area contributed by atoms with Gasteiger partial charge in [0.05, 0.1) is 5.69 Å². The van der Waals surface area contributed by atoms with Crippen molar-refractivity contribution in [2.24, 2.45) is 5.73 Å². The van der Waals surface area contributed by atoms with Crippen LogP contribution in [0.3, 0.4) is 0 Å². The number of primary amides is 1. The van der Waals surface area contributed by atoms with Gasteiger partial charge in [-0.3, -0.25) is 9.78 Å². The highest BCUT2D eigenvalue weighted by atomic mass is 16.5. The SMILES string of the molecule is Cc1cc(-c2cc(OC3C=Cn4nccc4C3)ccn2)ccc1C(N)=O. The number of hydrogen-bond acceptors (Lipinski definition) is 4. The third-order valence-electron chi connectivity index (χ3n) is 4.41. The lowest BCUT2D eigenvalue weighted by molar-refractivity contribution is 0.0999. The lowest BCUT2D eigenvalue weighted by atomic mass is 10.0. The molecule has 0 spiro atoms. The van der Waals surface area contributed by atoms with Crippen molar-refractivity contribution in [3.05, 3.63) is 71.7 Å². The van der Waals surface area contributed by atoms with E-state index in [-0.39, 0.29) is 6.10 Å². The van der Waals surface area contributed by atoms with Crippen LogP contribution in [0.2, 0.25) is 0 Å². The van der Waals surface area contributed by atoms with Gasteiger partial charge >= 0.3 is 0 Å². The van der Waals surface area contributed by atoms with Crippen molar-refractivity contribution >= 4 is 12.1 Å². The van der Waals surface area contributed by atoms with E-state index in [1.165, 1.54) is 0 Å². The number of nitrogens with zero attached hydrogens (tertiary/aromatic N) is 3. The summed E-state index contributed by atoms with van der Waals surface area (Å²) < 4.78 is 7.94. The number of hydrogen-bond donors (Lipinski definition) is 1. The van der Waals surface area contributed by atoms with Crippen molar-refractivity contribution in [2.45, 2.75) is 19.4 Å². The molecule has 2 aromatic heterocycles. The van der Waals surface area contributed by atoms with Crippen LogP contribution in [0.1, 0.15) is 21.6 Å². The maximum atomic E-state index is 11.4. The molecule has 0 saturated heterocycles. The van der Waals surface area contributed by atoms with E-state index in [0.29, 0.717) is 5.56 Å². The van der Waals surface area contributed by atoms with Gasteiger partial charge in [0.2, 0.25) is 5.91 Å². The summed E-state index contributed by atoms with van der Waals surface area (Å²) in [4.78, 5) is 15.8. The maximum Gasteiger partial charge on any atom is 0.248 e. The third kappa shape index (κ3) is 3.09. The van der Waals surface area contributed by atoms with Gasteiger partial charge in [-0.1, -0.05) is 6.07 Å². The molecule has 3 heterocycles. The minimum Gasteiger partial charge on any atom is -0.486 e. The fourth-order valence-corrected chi connectivity index (χ4v) is 3.09. The van der Waals surface area contributed by atoms with E-state index in [1.54, 1.807) is 18.5 Å². The number of amides is 1. The molecule has 3 aromatic rings. The number of benzene rings is 1. The Kier molecular flexibility index (Phi) is 4.01. The van der Waals surface area contributed by atoms with Crippen molar-refractivity contribution in [3.63, 3.8) is 0 Å². The molecule has 4 rings (SSSR count). The van der Waals surface area contributed by atoms with Crippen LogP contribution in [0, 0.1) is 6.92 Å². The molecular formula is C20H18N4O2. The standard InChI is InChI=1S/C20H18N4O2/c1-13-10-14(2-3-18(13)20(21)25)19-12-16(5-7-22-19)26-17-6-9-24-15(11-17)4-8-23-24/h2-10,12,17H,11H2,1H3,(H2,21,25). The van der Waals surface area contributed by atoms with Gasteiger partial charge in [-0.25, -0.2) is 4.68 Å². The van der Waals surface area contributed by atoms with E-state index in [0.717, 1.165) is 34.7 Å². The Hall–Kier alpha value is -3.41. The second-order valence-electron chi connectivity index (χ2n) is 6.24. The summed E-state index contributed by atoms with van der Waals surface area (Å²) in [6.07, 6.45) is 8.13. The normalized spacial score (nSPS) is 15.5. The first-order valence-corrected chi connectivity index (χ1v) is 8.34. The first-order chi connectivity index (χ1) is 12.6. The molecule has 1 amide bonds. The monoisotopic (exact) mass is 346 g/mol. The average Bonchev–Trinajstić information content (AvgIpc) is 3.09. The van der Waals surface area contributed by atoms with E-state index in [4.69, 9.17) is 10.5 Å². The number of fused-ring (bicyclic) bond motifs is 1. The first kappa shape index (κ1) is 16.1. The largest absolute Gasteiger partial charge is 0.486 e. The maximum absolute atomic E-state index is 11.4. The van der Waals surface area contributed by atoms with Gasteiger partial charge in [-0.05, 0) is 42.8 Å². The van der Waals surface area contributed by atoms with Crippen molar-refractivity contribution in [1.82, 2.24) is 14.8 Å². The molecule has 26 heavy (non-hydrogen) atoms.